The van der Waals surface area contributed by atoms with Crippen molar-refractivity contribution in [3.63, 3.8) is 0 Å². The molecule has 3 N–H and O–H groups in total. The van der Waals surface area contributed by atoms with E-state index in [1.165, 1.54) is 0 Å². The minimum Gasteiger partial charge on any atom is -0.395 e. The molecule has 0 bridgehead atoms. The predicted octanol–water partition coefficient (Wildman–Crippen LogP) is -0.986. The van der Waals surface area contributed by atoms with Crippen LogP contribution in [-0.4, -0.2) is 65.5 Å². The van der Waals surface area contributed by atoms with E-state index >= 15 is 0 Å². The molecule has 0 rings (SSSR count). The van der Waals surface area contributed by atoms with E-state index in [2.05, 4.69) is 0 Å². The first-order valence-corrected chi connectivity index (χ1v) is 4.87. The normalized spacial score (nSPS) is 13.0. The van der Waals surface area contributed by atoms with Gasteiger partial charge in [-0.3, -0.25) is 4.90 Å². The van der Waals surface area contributed by atoms with Gasteiger partial charge in [0.2, 0.25) is 0 Å². The zero-order chi connectivity index (χ0) is 11.0. The van der Waals surface area contributed by atoms with Crippen LogP contribution in [0.4, 0.5) is 0 Å². The maximum Gasteiger partial charge on any atom is 0.134 e. The van der Waals surface area contributed by atoms with Gasteiger partial charge < -0.3 is 20.1 Å². The Morgan fingerprint density at radius 2 is 1.53 bits per heavy atom. The molecule has 0 amide bonds. The number of ether oxygens (including phenoxy) is 1. The van der Waals surface area contributed by atoms with Crippen LogP contribution in [0.1, 0.15) is 13.8 Å². The van der Waals surface area contributed by atoms with Gasteiger partial charge in [-0.1, -0.05) is 0 Å². The van der Waals surface area contributed by atoms with E-state index in [0.717, 1.165) is 0 Å². The second-order valence-electron chi connectivity index (χ2n) is 3.31. The summed E-state index contributed by atoms with van der Waals surface area (Å²) in [6.45, 7) is 4.35. The maximum absolute atomic E-state index is 9.07. The largest absolute Gasteiger partial charge is 0.395 e. The molecular weight excluding hydrogens is 234 g/mol. The third-order valence-electron chi connectivity index (χ3n) is 1.77. The van der Waals surface area contributed by atoms with Crippen molar-refractivity contribution in [2.24, 2.45) is 0 Å². The molecule has 1 unspecified atom stereocenters. The monoisotopic (exact) mass is 255 g/mol. The van der Waals surface area contributed by atoms with Gasteiger partial charge in [-0.2, -0.15) is 0 Å². The van der Waals surface area contributed by atoms with Crippen molar-refractivity contribution in [1.29, 1.82) is 0 Å². The minimum absolute atomic E-state index is 0. The van der Waals surface area contributed by atoms with E-state index in [1.807, 2.05) is 13.8 Å². The van der Waals surface area contributed by atoms with Crippen LogP contribution in [0.2, 0.25) is 0 Å². The van der Waals surface area contributed by atoms with Crippen LogP contribution in [0.15, 0.2) is 0 Å². The van der Waals surface area contributed by atoms with Crippen LogP contribution >= 0.6 is 0 Å². The van der Waals surface area contributed by atoms with Gasteiger partial charge >= 0.3 is 0 Å². The Balaban J connectivity index is 0. The smallest absolute Gasteiger partial charge is 0.134 e. The second-order valence-corrected chi connectivity index (χ2v) is 3.31. The summed E-state index contributed by atoms with van der Waals surface area (Å²) in [5.41, 5.74) is 0. The Kier molecular flexibility index (Phi) is 13.1. The molecule has 0 fully saturated rings. The van der Waals surface area contributed by atoms with Crippen LogP contribution in [-0.2, 0) is 26.5 Å². The molecule has 0 aromatic rings. The molecule has 0 aliphatic carbocycles. The Bertz CT molecular complexity index is 131. The Morgan fingerprint density at radius 3 is 1.80 bits per heavy atom. The fourth-order valence-corrected chi connectivity index (χ4v) is 1.22. The van der Waals surface area contributed by atoms with Crippen molar-refractivity contribution in [3.05, 3.63) is 0 Å². The van der Waals surface area contributed by atoms with E-state index in [0.29, 0.717) is 13.1 Å². The molecule has 0 saturated carbocycles. The third kappa shape index (κ3) is 8.33. The molecule has 0 heterocycles. The first-order valence-electron chi connectivity index (χ1n) is 4.87. The Hall–Kier alpha value is 0.514. The molecule has 0 saturated heterocycles. The molecule has 0 radical (unpaired) electrons. The van der Waals surface area contributed by atoms with Crippen molar-refractivity contribution in [1.82, 2.24) is 4.90 Å². The standard InChI is InChI=1S/C9H21NO4.Ti/c1-8(2)14-9(7-13)10(3-5-11)4-6-12;/h8-9,11-13H,3-7H2,1-2H3;. The van der Waals surface area contributed by atoms with E-state index in [4.69, 9.17) is 20.1 Å². The molecule has 5 nitrogen and oxygen atoms in total. The summed E-state index contributed by atoms with van der Waals surface area (Å²) in [5, 5.41) is 26.6. The van der Waals surface area contributed by atoms with Crippen molar-refractivity contribution in [2.45, 2.75) is 26.2 Å². The molecule has 0 spiro atoms. The summed E-state index contributed by atoms with van der Waals surface area (Å²) >= 11 is 0. The topological polar surface area (TPSA) is 73.2 Å². The van der Waals surface area contributed by atoms with Gasteiger partial charge in [-0.15, -0.1) is 0 Å². The zero-order valence-corrected chi connectivity index (χ0v) is 10.9. The van der Waals surface area contributed by atoms with Gasteiger partial charge in [0.1, 0.15) is 6.23 Å². The molecule has 0 aliphatic rings. The molecular formula is C9H21NO4Ti. The van der Waals surface area contributed by atoms with Crippen LogP contribution < -0.4 is 0 Å². The van der Waals surface area contributed by atoms with E-state index in [-0.39, 0.29) is 47.6 Å². The summed E-state index contributed by atoms with van der Waals surface area (Å²) in [6, 6.07) is 0. The fraction of sp³-hybridized carbons (Fsp3) is 1.00. The summed E-state index contributed by atoms with van der Waals surface area (Å²) in [6.07, 6.45) is -0.443. The maximum atomic E-state index is 9.07. The van der Waals surface area contributed by atoms with Crippen molar-refractivity contribution in [3.8, 4) is 0 Å². The van der Waals surface area contributed by atoms with Crippen molar-refractivity contribution in [2.75, 3.05) is 32.9 Å². The number of nitrogens with zero attached hydrogens (tertiary/aromatic N) is 1. The van der Waals surface area contributed by atoms with Crippen molar-refractivity contribution < 1.29 is 41.8 Å². The molecule has 1 atom stereocenters. The van der Waals surface area contributed by atoms with Gasteiger partial charge in [0.15, 0.2) is 0 Å². The summed E-state index contributed by atoms with van der Waals surface area (Å²) in [5.74, 6) is 0. The third-order valence-corrected chi connectivity index (χ3v) is 1.77. The molecule has 90 valence electrons. The van der Waals surface area contributed by atoms with Gasteiger partial charge in [-0.25, -0.2) is 0 Å². The minimum atomic E-state index is -0.450. The van der Waals surface area contributed by atoms with E-state index in [1.54, 1.807) is 4.90 Å². The van der Waals surface area contributed by atoms with Crippen LogP contribution in [0.5, 0.6) is 0 Å². The Labute approximate surface area is 106 Å². The summed E-state index contributed by atoms with van der Waals surface area (Å²) in [7, 11) is 0. The van der Waals surface area contributed by atoms with Gasteiger partial charge in [-0.05, 0) is 13.8 Å². The molecule has 0 aromatic heterocycles. The van der Waals surface area contributed by atoms with E-state index < -0.39 is 6.23 Å². The number of aliphatic hydroxyl groups is 3. The average molecular weight is 255 g/mol. The quantitative estimate of drug-likeness (QED) is 0.384. The molecule has 15 heavy (non-hydrogen) atoms. The van der Waals surface area contributed by atoms with E-state index in [9.17, 15) is 0 Å². The van der Waals surface area contributed by atoms with Gasteiger partial charge in [0.25, 0.3) is 0 Å². The fourth-order valence-electron chi connectivity index (χ4n) is 1.22. The predicted molar refractivity (Wildman–Crippen MR) is 52.8 cm³/mol. The van der Waals surface area contributed by atoms with Gasteiger partial charge in [0.05, 0.1) is 25.9 Å². The number of hydrogen-bond acceptors (Lipinski definition) is 5. The van der Waals surface area contributed by atoms with Crippen LogP contribution in [0.3, 0.4) is 0 Å². The zero-order valence-electron chi connectivity index (χ0n) is 9.39. The van der Waals surface area contributed by atoms with Crippen LogP contribution in [0.25, 0.3) is 0 Å². The number of rotatable bonds is 8. The molecule has 0 aromatic carbocycles. The summed E-state index contributed by atoms with van der Waals surface area (Å²) in [4.78, 5) is 1.71. The summed E-state index contributed by atoms with van der Waals surface area (Å²) < 4.78 is 5.42. The average Bonchev–Trinajstić information content (AvgIpc) is 2.13. The first kappa shape index (κ1) is 17.9. The number of aliphatic hydroxyl groups excluding tert-OH is 3. The first-order chi connectivity index (χ1) is 6.65. The van der Waals surface area contributed by atoms with Crippen LogP contribution in [0, 0.1) is 0 Å². The Morgan fingerprint density at radius 1 is 1.07 bits per heavy atom. The molecule has 0 aliphatic heterocycles. The van der Waals surface area contributed by atoms with Crippen molar-refractivity contribution >= 4 is 0 Å². The second kappa shape index (κ2) is 11.0. The number of hydrogen-bond donors (Lipinski definition) is 3. The SMILES string of the molecule is CC(C)OC(CO)N(CCO)CCO.[Ti]. The molecule has 6 heteroatoms. The van der Waals surface area contributed by atoms with Gasteiger partial charge in [0, 0.05) is 34.8 Å².